The van der Waals surface area contributed by atoms with Crippen LogP contribution in [0, 0.1) is 10.8 Å². The second-order valence-corrected chi connectivity index (χ2v) is 19.1. The third kappa shape index (κ3) is 15.6. The third-order valence-corrected chi connectivity index (χ3v) is 14.0. The van der Waals surface area contributed by atoms with Crippen molar-refractivity contribution in [3.8, 4) is 0 Å². The number of aliphatic imine (C=N–C) groups is 2. The van der Waals surface area contributed by atoms with Gasteiger partial charge in [0.15, 0.2) is 56.9 Å². The number of nitrogens with zero attached hydrogens (tertiary/aromatic N) is 8. The summed E-state index contributed by atoms with van der Waals surface area (Å²) >= 11 is 11.9. The Kier molecular flexibility index (Phi) is 19.4. The number of piperidine rings is 2. The van der Waals surface area contributed by atoms with Crippen LogP contribution in [0.1, 0.15) is 96.3 Å². The molecule has 0 spiro atoms. The number of urea groups is 2. The lowest BCUT2D eigenvalue weighted by Gasteiger charge is -2.42. The summed E-state index contributed by atoms with van der Waals surface area (Å²) in [5.41, 5.74) is 36.7. The number of rotatable bonds is 19. The van der Waals surface area contributed by atoms with Gasteiger partial charge in [0.1, 0.15) is 0 Å². The van der Waals surface area contributed by atoms with Crippen LogP contribution in [0.2, 0.25) is 10.3 Å². The first-order valence-electron chi connectivity index (χ1n) is 24.1. The lowest BCUT2D eigenvalue weighted by Crippen LogP contribution is -2.51. The number of anilines is 4. The first-order chi connectivity index (χ1) is 34.5. The minimum absolute atomic E-state index is 0.0984. The van der Waals surface area contributed by atoms with Crippen LogP contribution < -0.4 is 55.7 Å². The second kappa shape index (κ2) is 25.8. The molecule has 4 aromatic rings. The number of guanidine groups is 2. The molecule has 72 heavy (non-hydrogen) atoms. The Bertz CT molecular complexity index is 2380. The van der Waals surface area contributed by atoms with Crippen LogP contribution in [0.25, 0.3) is 0 Å². The van der Waals surface area contributed by atoms with E-state index in [1.807, 2.05) is 46.2 Å². The Morgan fingerprint density at radius 3 is 1.25 bits per heavy atom. The zero-order valence-electron chi connectivity index (χ0n) is 40.3. The lowest BCUT2D eigenvalue weighted by atomic mass is 9.74. The summed E-state index contributed by atoms with van der Waals surface area (Å²) in [5, 5.41) is 12.1. The smallest absolute Gasteiger partial charge is 0.317 e. The van der Waals surface area contributed by atoms with Gasteiger partial charge >= 0.3 is 23.9 Å². The van der Waals surface area contributed by atoms with Gasteiger partial charge < -0.3 is 65.5 Å². The molecule has 24 heteroatoms. The Labute approximate surface area is 428 Å². The summed E-state index contributed by atoms with van der Waals surface area (Å²) in [6.45, 7) is 4.16. The number of unbranched alkanes of at least 4 members (excludes halogenated alkanes) is 3. The van der Waals surface area contributed by atoms with E-state index in [2.05, 4.69) is 75.5 Å². The van der Waals surface area contributed by atoms with Gasteiger partial charge in [0.2, 0.25) is 0 Å². The summed E-state index contributed by atoms with van der Waals surface area (Å²) in [7, 11) is 0. The maximum Gasteiger partial charge on any atom is 0.317 e. The average molecular weight is 1030 g/mol. The molecule has 0 bridgehead atoms. The molecular weight excluding hydrogens is 964 g/mol. The highest BCUT2D eigenvalue weighted by molar-refractivity contribution is 6.32. The SMILES string of the molecule is N/C(=N\C(=O)c1nc(Cl)c(N)nc1N)NCC1(CCc2ccccc2)CCN(C(=O)NCCCCCCNC(=O)N2CCC(CCc3ccccc3)(CN/C(N)=N/C(=O)c3nc(Cl)c(N)nc3N)CC2)CC1. The van der Waals surface area contributed by atoms with E-state index in [1.165, 1.54) is 11.1 Å². The minimum Gasteiger partial charge on any atom is -0.382 e. The number of carbonyl (C=O) groups is 4. The molecule has 2 aromatic heterocycles. The molecule has 2 aliphatic rings. The fourth-order valence-corrected chi connectivity index (χ4v) is 9.14. The van der Waals surface area contributed by atoms with Crippen LogP contribution in [0.15, 0.2) is 70.6 Å². The van der Waals surface area contributed by atoms with Crippen molar-refractivity contribution in [3.63, 3.8) is 0 Å². The van der Waals surface area contributed by atoms with Crippen LogP contribution in [-0.2, 0) is 12.8 Å². The Balaban J connectivity index is 0.894. The van der Waals surface area contributed by atoms with Crippen molar-refractivity contribution in [2.24, 2.45) is 32.3 Å². The molecule has 0 saturated carbocycles. The topological polar surface area (TPSA) is 355 Å². The molecule has 16 N–H and O–H groups in total. The van der Waals surface area contributed by atoms with E-state index in [4.69, 9.17) is 57.6 Å². The van der Waals surface area contributed by atoms with E-state index in [-0.39, 0.29) is 79.8 Å². The van der Waals surface area contributed by atoms with Crippen LogP contribution >= 0.6 is 23.2 Å². The van der Waals surface area contributed by atoms with Crippen molar-refractivity contribution < 1.29 is 19.2 Å². The normalized spacial score (nSPS) is 15.6. The summed E-state index contributed by atoms with van der Waals surface area (Å²) in [6.07, 6.45) is 9.58. The van der Waals surface area contributed by atoms with Crippen molar-refractivity contribution in [1.82, 2.24) is 51.0 Å². The third-order valence-electron chi connectivity index (χ3n) is 13.4. The molecule has 22 nitrogen and oxygen atoms in total. The van der Waals surface area contributed by atoms with E-state index in [0.29, 0.717) is 78.0 Å². The molecule has 0 atom stereocenters. The second-order valence-electron chi connectivity index (χ2n) is 18.4. The molecule has 2 aliphatic heterocycles. The molecule has 2 aromatic carbocycles. The first kappa shape index (κ1) is 54.1. The predicted molar refractivity (Wildman–Crippen MR) is 281 cm³/mol. The summed E-state index contributed by atoms with van der Waals surface area (Å²) < 4.78 is 0. The van der Waals surface area contributed by atoms with Gasteiger partial charge in [0.25, 0.3) is 0 Å². The Hall–Kier alpha value is -7.20. The van der Waals surface area contributed by atoms with Gasteiger partial charge in [-0.3, -0.25) is 9.59 Å². The number of nitrogen functional groups attached to an aromatic ring is 4. The molecule has 0 radical (unpaired) electrons. The highest BCUT2D eigenvalue weighted by atomic mass is 35.5. The maximum atomic E-state index is 13.3. The number of aromatic nitrogens is 4. The van der Waals surface area contributed by atoms with Gasteiger partial charge in [-0.25, -0.2) is 29.5 Å². The fourth-order valence-electron chi connectivity index (χ4n) is 8.88. The van der Waals surface area contributed by atoms with E-state index >= 15 is 0 Å². The molecule has 0 unspecified atom stereocenters. The van der Waals surface area contributed by atoms with Gasteiger partial charge in [-0.15, -0.1) is 0 Å². The number of carbonyl (C=O) groups excluding carboxylic acids is 4. The quantitative estimate of drug-likeness (QED) is 0.0359. The molecular formula is C48H66Cl2N18O4. The van der Waals surface area contributed by atoms with E-state index < -0.39 is 11.8 Å². The summed E-state index contributed by atoms with van der Waals surface area (Å²) in [5.74, 6) is -2.41. The number of nitrogens with two attached hydrogens (primary N) is 6. The zero-order valence-corrected chi connectivity index (χ0v) is 41.9. The van der Waals surface area contributed by atoms with E-state index in [9.17, 15) is 19.2 Å². The van der Waals surface area contributed by atoms with Gasteiger partial charge in [-0.05, 0) is 86.2 Å². The first-order valence-corrected chi connectivity index (χ1v) is 24.8. The molecule has 4 heterocycles. The highest BCUT2D eigenvalue weighted by Crippen LogP contribution is 2.37. The van der Waals surface area contributed by atoms with E-state index in [0.717, 1.165) is 51.4 Å². The monoisotopic (exact) mass is 1030 g/mol. The van der Waals surface area contributed by atoms with Crippen LogP contribution in [-0.4, -0.2) is 118 Å². The number of likely N-dealkylation sites (tertiary alicyclic amines) is 2. The Morgan fingerprint density at radius 1 is 0.528 bits per heavy atom. The molecule has 6 amide bonds. The number of nitrogens with one attached hydrogen (secondary N) is 4. The average Bonchev–Trinajstić information content (AvgIpc) is 3.37. The van der Waals surface area contributed by atoms with Gasteiger partial charge in [-0.1, -0.05) is 96.7 Å². The zero-order chi connectivity index (χ0) is 51.7. The molecule has 386 valence electrons. The van der Waals surface area contributed by atoms with Crippen molar-refractivity contribution in [1.29, 1.82) is 0 Å². The summed E-state index contributed by atoms with van der Waals surface area (Å²) in [4.78, 5) is 79.2. The summed E-state index contributed by atoms with van der Waals surface area (Å²) in [6, 6.07) is 20.2. The van der Waals surface area contributed by atoms with Crippen molar-refractivity contribution in [2.75, 3.05) is 75.3 Å². The van der Waals surface area contributed by atoms with Crippen molar-refractivity contribution >= 4 is 82.3 Å². The standard InChI is InChI=1S/C48H66Cl2N18O4/c49-35-39(53)63-37(51)33(61-35)41(69)65-43(55)59-29-47(17-15-31-11-5-3-6-12-31)19-25-67(26-20-47)45(71)57-23-9-1-2-10-24-58-46(72)68-27-21-48(22-28-68,18-16-32-13-7-4-8-14-32)30-60-44(56)66-42(70)34-38(52)64-40(54)36(50)62-34/h3-8,11-14H,1-2,9-10,15-30H2,(H,57,71)(H,58,72)(H4,51,53,63)(H4,52,54,64)(H3,55,59,65,69)(H3,56,60,66,70). The predicted octanol–water partition coefficient (Wildman–Crippen LogP) is 4.10. The molecule has 2 saturated heterocycles. The van der Waals surface area contributed by atoms with Crippen LogP contribution in [0.4, 0.5) is 32.9 Å². The maximum absolute atomic E-state index is 13.3. The fraction of sp³-hybridized carbons (Fsp3) is 0.458. The lowest BCUT2D eigenvalue weighted by molar-refractivity contribution is 0.0988. The molecule has 6 rings (SSSR count). The minimum atomic E-state index is -0.805. The number of amides is 6. The van der Waals surface area contributed by atoms with Gasteiger partial charge in [0.05, 0.1) is 0 Å². The van der Waals surface area contributed by atoms with E-state index in [1.54, 1.807) is 0 Å². The number of aryl methyl sites for hydroxylation is 2. The van der Waals surface area contributed by atoms with Crippen molar-refractivity contribution in [2.45, 2.75) is 77.0 Å². The highest BCUT2D eigenvalue weighted by Gasteiger charge is 2.37. The molecule has 2 fully saturated rings. The van der Waals surface area contributed by atoms with Gasteiger partial charge in [-0.2, -0.15) is 9.98 Å². The number of hydrogen-bond donors (Lipinski definition) is 10. The number of halogens is 2. The van der Waals surface area contributed by atoms with Crippen LogP contribution in [0.5, 0.6) is 0 Å². The number of benzene rings is 2. The van der Waals surface area contributed by atoms with Crippen LogP contribution in [0.3, 0.4) is 0 Å². The molecule has 0 aliphatic carbocycles. The largest absolute Gasteiger partial charge is 0.382 e. The van der Waals surface area contributed by atoms with Crippen molar-refractivity contribution in [3.05, 3.63) is 93.5 Å². The van der Waals surface area contributed by atoms with Gasteiger partial charge in [0, 0.05) is 52.4 Å². The number of hydrogen-bond acceptors (Lipinski definition) is 12. The Morgan fingerprint density at radius 2 is 0.889 bits per heavy atom.